The first-order valence-corrected chi connectivity index (χ1v) is 10.2. The second-order valence-electron chi connectivity index (χ2n) is 7.43. The Balaban J connectivity index is 2.87. The number of nitrogens with zero attached hydrogens (tertiary/aromatic N) is 2. The number of rotatable bonds is 14. The SMILES string of the molecule is CCCCCCCC(C)(CCCCC)C(=O)c1cnn(C)c1OCC. The zero-order valence-corrected chi connectivity index (χ0v) is 17.1. The van der Waals surface area contributed by atoms with Gasteiger partial charge in [-0.25, -0.2) is 4.68 Å². The minimum atomic E-state index is -0.309. The predicted octanol–water partition coefficient (Wildman–Crippen LogP) is 5.95. The number of ether oxygens (including phenoxy) is 1. The van der Waals surface area contributed by atoms with Crippen molar-refractivity contribution in [2.45, 2.75) is 91.9 Å². The van der Waals surface area contributed by atoms with Crippen molar-refractivity contribution in [3.8, 4) is 5.88 Å². The van der Waals surface area contributed by atoms with Crippen molar-refractivity contribution in [1.82, 2.24) is 9.78 Å². The van der Waals surface area contributed by atoms with Crippen LogP contribution in [0.25, 0.3) is 0 Å². The second kappa shape index (κ2) is 11.3. The van der Waals surface area contributed by atoms with Crippen LogP contribution in [0.3, 0.4) is 0 Å². The highest BCUT2D eigenvalue weighted by atomic mass is 16.5. The summed E-state index contributed by atoms with van der Waals surface area (Å²) < 4.78 is 7.36. The van der Waals surface area contributed by atoms with Gasteiger partial charge in [-0.1, -0.05) is 72.1 Å². The zero-order valence-electron chi connectivity index (χ0n) is 17.1. The monoisotopic (exact) mass is 350 g/mol. The summed E-state index contributed by atoms with van der Waals surface area (Å²) in [5.74, 6) is 0.816. The molecule has 0 amide bonds. The van der Waals surface area contributed by atoms with E-state index in [-0.39, 0.29) is 11.2 Å². The molecule has 0 N–H and O–H groups in total. The molecule has 1 aromatic heterocycles. The molecule has 0 radical (unpaired) electrons. The molecule has 0 spiro atoms. The topological polar surface area (TPSA) is 44.1 Å². The lowest BCUT2D eigenvalue weighted by Gasteiger charge is -2.28. The van der Waals surface area contributed by atoms with E-state index in [1.807, 2.05) is 14.0 Å². The average Bonchev–Trinajstić information content (AvgIpc) is 2.95. The molecule has 0 aliphatic rings. The number of carbonyl (C=O) groups is 1. The molecular formula is C21H38N2O2. The number of ketones is 1. The van der Waals surface area contributed by atoms with Gasteiger partial charge in [0, 0.05) is 12.5 Å². The first-order chi connectivity index (χ1) is 12.0. The van der Waals surface area contributed by atoms with Crippen LogP contribution in [0.2, 0.25) is 0 Å². The first kappa shape index (κ1) is 21.7. The molecule has 4 nitrogen and oxygen atoms in total. The lowest BCUT2D eigenvalue weighted by Crippen LogP contribution is -2.28. The molecule has 0 aliphatic carbocycles. The molecule has 4 heteroatoms. The third kappa shape index (κ3) is 6.48. The lowest BCUT2D eigenvalue weighted by molar-refractivity contribution is 0.0772. The molecule has 0 saturated heterocycles. The van der Waals surface area contributed by atoms with E-state index in [0.29, 0.717) is 18.1 Å². The number of hydrogen-bond donors (Lipinski definition) is 0. The van der Waals surface area contributed by atoms with Crippen molar-refractivity contribution in [2.75, 3.05) is 6.61 Å². The van der Waals surface area contributed by atoms with Crippen LogP contribution in [-0.4, -0.2) is 22.2 Å². The molecule has 0 aromatic carbocycles. The highest BCUT2D eigenvalue weighted by molar-refractivity contribution is 6.02. The third-order valence-electron chi connectivity index (χ3n) is 5.12. The van der Waals surface area contributed by atoms with Gasteiger partial charge in [0.1, 0.15) is 0 Å². The molecule has 0 fully saturated rings. The number of hydrogen-bond acceptors (Lipinski definition) is 3. The summed E-state index contributed by atoms with van der Waals surface area (Å²) in [5.41, 5.74) is 0.341. The van der Waals surface area contributed by atoms with Crippen molar-refractivity contribution in [3.63, 3.8) is 0 Å². The van der Waals surface area contributed by atoms with Crippen LogP contribution >= 0.6 is 0 Å². The molecule has 0 aliphatic heterocycles. The van der Waals surface area contributed by atoms with Crippen molar-refractivity contribution < 1.29 is 9.53 Å². The Morgan fingerprint density at radius 3 is 2.20 bits per heavy atom. The van der Waals surface area contributed by atoms with Crippen LogP contribution in [-0.2, 0) is 7.05 Å². The smallest absolute Gasteiger partial charge is 0.222 e. The lowest BCUT2D eigenvalue weighted by atomic mass is 9.74. The van der Waals surface area contributed by atoms with Crippen molar-refractivity contribution in [3.05, 3.63) is 11.8 Å². The molecule has 144 valence electrons. The summed E-state index contributed by atoms with van der Waals surface area (Å²) in [6, 6.07) is 0. The molecule has 1 unspecified atom stereocenters. The fraction of sp³-hybridized carbons (Fsp3) is 0.810. The highest BCUT2D eigenvalue weighted by Crippen LogP contribution is 2.37. The van der Waals surface area contributed by atoms with Gasteiger partial charge in [0.15, 0.2) is 5.78 Å². The van der Waals surface area contributed by atoms with E-state index in [9.17, 15) is 4.79 Å². The summed E-state index contributed by atoms with van der Waals surface area (Å²) in [4.78, 5) is 13.4. The summed E-state index contributed by atoms with van der Waals surface area (Å²) in [7, 11) is 1.83. The molecule has 1 atom stereocenters. The Morgan fingerprint density at radius 1 is 1.04 bits per heavy atom. The fourth-order valence-electron chi connectivity index (χ4n) is 3.45. The second-order valence-corrected chi connectivity index (χ2v) is 7.43. The van der Waals surface area contributed by atoms with Gasteiger partial charge in [-0.15, -0.1) is 0 Å². The van der Waals surface area contributed by atoms with Crippen LogP contribution < -0.4 is 4.74 Å². The normalized spacial score (nSPS) is 13.6. The van der Waals surface area contributed by atoms with Crippen LogP contribution in [0.1, 0.15) is 102 Å². The van der Waals surface area contributed by atoms with E-state index in [0.717, 1.165) is 25.7 Å². The Labute approximate surface area is 154 Å². The quantitative estimate of drug-likeness (QED) is 0.308. The fourth-order valence-corrected chi connectivity index (χ4v) is 3.45. The summed E-state index contributed by atoms with van der Waals surface area (Å²) >= 11 is 0. The zero-order chi connectivity index (χ0) is 18.7. The predicted molar refractivity (Wildman–Crippen MR) is 104 cm³/mol. The molecule has 0 bridgehead atoms. The van der Waals surface area contributed by atoms with Crippen molar-refractivity contribution in [2.24, 2.45) is 12.5 Å². The van der Waals surface area contributed by atoms with Gasteiger partial charge in [-0.2, -0.15) is 5.10 Å². The summed E-state index contributed by atoms with van der Waals surface area (Å²) in [6.07, 6.45) is 13.2. The molecule has 1 rings (SSSR count). The van der Waals surface area contributed by atoms with Gasteiger partial charge in [0.05, 0.1) is 18.4 Å². The maximum absolute atomic E-state index is 13.4. The molecular weight excluding hydrogens is 312 g/mol. The van der Waals surface area contributed by atoms with E-state index < -0.39 is 0 Å². The number of Topliss-reactive ketones (excluding diaryl/α,β-unsaturated/α-hetero) is 1. The van der Waals surface area contributed by atoms with E-state index in [2.05, 4.69) is 25.9 Å². The summed E-state index contributed by atoms with van der Waals surface area (Å²) in [5, 5.41) is 4.26. The van der Waals surface area contributed by atoms with Crippen LogP contribution in [0.15, 0.2) is 6.20 Å². The van der Waals surface area contributed by atoms with E-state index >= 15 is 0 Å². The maximum Gasteiger partial charge on any atom is 0.222 e. The standard InChI is InChI=1S/C21H38N2O2/c1-6-9-11-12-14-16-21(4,15-13-10-7-2)19(24)18-17-22-23(5)20(18)25-8-3/h17H,6-16H2,1-5H3. The Bertz CT molecular complexity index is 510. The number of aryl methyl sites for hydroxylation is 1. The number of carbonyl (C=O) groups excluding carboxylic acids is 1. The highest BCUT2D eigenvalue weighted by Gasteiger charge is 2.35. The maximum atomic E-state index is 13.4. The van der Waals surface area contributed by atoms with E-state index in [1.165, 1.54) is 38.5 Å². The van der Waals surface area contributed by atoms with Gasteiger partial charge in [0.2, 0.25) is 5.88 Å². The molecule has 1 aromatic rings. The first-order valence-electron chi connectivity index (χ1n) is 10.2. The van der Waals surface area contributed by atoms with E-state index in [4.69, 9.17) is 4.74 Å². The van der Waals surface area contributed by atoms with Crippen molar-refractivity contribution in [1.29, 1.82) is 0 Å². The average molecular weight is 351 g/mol. The summed E-state index contributed by atoms with van der Waals surface area (Å²) in [6.45, 7) is 9.07. The number of aromatic nitrogens is 2. The minimum Gasteiger partial charge on any atom is -0.478 e. The van der Waals surface area contributed by atoms with Gasteiger partial charge < -0.3 is 4.74 Å². The molecule has 1 heterocycles. The van der Waals surface area contributed by atoms with Crippen molar-refractivity contribution >= 4 is 5.78 Å². The van der Waals surface area contributed by atoms with Crippen LogP contribution in [0.5, 0.6) is 5.88 Å². The van der Waals surface area contributed by atoms with Gasteiger partial charge in [-0.05, 0) is 19.8 Å². The molecule has 0 saturated carbocycles. The minimum absolute atomic E-state index is 0.204. The number of unbranched alkanes of at least 4 members (excludes halogenated alkanes) is 6. The van der Waals surface area contributed by atoms with Crippen LogP contribution in [0, 0.1) is 5.41 Å². The van der Waals surface area contributed by atoms with Crippen LogP contribution in [0.4, 0.5) is 0 Å². The Kier molecular flexibility index (Phi) is 9.84. The largest absolute Gasteiger partial charge is 0.478 e. The van der Waals surface area contributed by atoms with Gasteiger partial charge >= 0.3 is 0 Å². The molecule has 25 heavy (non-hydrogen) atoms. The van der Waals surface area contributed by atoms with E-state index in [1.54, 1.807) is 10.9 Å². The third-order valence-corrected chi connectivity index (χ3v) is 5.12. The van der Waals surface area contributed by atoms with Gasteiger partial charge in [0.25, 0.3) is 0 Å². The Hall–Kier alpha value is -1.32. The van der Waals surface area contributed by atoms with Gasteiger partial charge in [-0.3, -0.25) is 4.79 Å². The Morgan fingerprint density at radius 2 is 1.60 bits per heavy atom.